The first-order valence-corrected chi connectivity index (χ1v) is 6.98. The Balaban J connectivity index is 2.17. The molecule has 0 N–H and O–H groups in total. The van der Waals surface area contributed by atoms with Crippen LogP contribution in [0.3, 0.4) is 0 Å². The van der Waals surface area contributed by atoms with Crippen molar-refractivity contribution in [1.82, 2.24) is 0 Å². The van der Waals surface area contributed by atoms with Crippen LogP contribution in [0.25, 0.3) is 0 Å². The summed E-state index contributed by atoms with van der Waals surface area (Å²) in [5.74, 6) is 1.54. The molecule has 1 heterocycles. The van der Waals surface area contributed by atoms with Crippen molar-refractivity contribution in [3.05, 3.63) is 23.8 Å². The van der Waals surface area contributed by atoms with Gasteiger partial charge in [-0.2, -0.15) is 0 Å². The molecule has 0 fully saturated rings. The molecule has 1 aliphatic heterocycles. The highest BCUT2D eigenvalue weighted by atomic mass is 16.5. The van der Waals surface area contributed by atoms with E-state index in [0.29, 0.717) is 23.5 Å². The summed E-state index contributed by atoms with van der Waals surface area (Å²) >= 11 is 0. The molecule has 0 saturated carbocycles. The summed E-state index contributed by atoms with van der Waals surface area (Å²) in [4.78, 5) is 12.3. The van der Waals surface area contributed by atoms with Gasteiger partial charge in [0.15, 0.2) is 5.78 Å². The normalized spacial score (nSPS) is 21.7. The molecule has 0 amide bonds. The summed E-state index contributed by atoms with van der Waals surface area (Å²) in [5.41, 5.74) is 0.292. The van der Waals surface area contributed by atoms with E-state index in [9.17, 15) is 4.79 Å². The molecule has 0 aromatic heterocycles. The monoisotopic (exact) mass is 262 g/mol. The molecule has 0 saturated heterocycles. The predicted molar refractivity (Wildman–Crippen MR) is 75.1 cm³/mol. The predicted octanol–water partition coefficient (Wildman–Crippen LogP) is 4.00. The van der Waals surface area contributed by atoms with Crippen LogP contribution < -0.4 is 9.47 Å². The number of rotatable bonds is 5. The van der Waals surface area contributed by atoms with Gasteiger partial charge in [0.1, 0.15) is 17.1 Å². The third-order valence-corrected chi connectivity index (χ3v) is 3.69. The third kappa shape index (κ3) is 3.09. The molecule has 1 atom stereocenters. The first-order chi connectivity index (χ1) is 9.08. The summed E-state index contributed by atoms with van der Waals surface area (Å²) in [6.07, 6.45) is 4.85. The van der Waals surface area contributed by atoms with Crippen LogP contribution in [0.1, 0.15) is 56.3 Å². The standard InChI is InChI=1S/C16H22O3/c1-4-5-6-9-16(2)11-14(17)13-10-12(18-3)7-8-15(13)19-16/h7-8,10H,4-6,9,11H2,1-3H3. The van der Waals surface area contributed by atoms with Gasteiger partial charge in [0.05, 0.1) is 19.1 Å². The second kappa shape index (κ2) is 5.64. The number of carbonyl (C=O) groups is 1. The first-order valence-electron chi connectivity index (χ1n) is 6.98. The minimum Gasteiger partial charge on any atom is -0.497 e. The van der Waals surface area contributed by atoms with Gasteiger partial charge in [0.25, 0.3) is 0 Å². The fourth-order valence-electron chi connectivity index (χ4n) is 2.57. The van der Waals surface area contributed by atoms with E-state index in [-0.39, 0.29) is 11.4 Å². The highest BCUT2D eigenvalue weighted by Crippen LogP contribution is 2.37. The molecule has 0 radical (unpaired) electrons. The van der Waals surface area contributed by atoms with Crippen LogP contribution in [-0.2, 0) is 0 Å². The maximum atomic E-state index is 12.3. The molecule has 19 heavy (non-hydrogen) atoms. The fraction of sp³-hybridized carbons (Fsp3) is 0.562. The van der Waals surface area contributed by atoms with E-state index in [1.165, 1.54) is 12.8 Å². The Morgan fingerprint density at radius 3 is 2.84 bits per heavy atom. The molecule has 0 bridgehead atoms. The number of Topliss-reactive ketones (excluding diaryl/α,β-unsaturated/α-hetero) is 1. The van der Waals surface area contributed by atoms with Gasteiger partial charge in [-0.15, -0.1) is 0 Å². The van der Waals surface area contributed by atoms with Crippen molar-refractivity contribution in [1.29, 1.82) is 0 Å². The Bertz CT molecular complexity index is 467. The van der Waals surface area contributed by atoms with Crippen LogP contribution in [0.4, 0.5) is 0 Å². The van der Waals surface area contributed by atoms with E-state index in [2.05, 4.69) is 6.92 Å². The lowest BCUT2D eigenvalue weighted by molar-refractivity contribution is 0.0453. The Kier molecular flexibility index (Phi) is 4.13. The average molecular weight is 262 g/mol. The fourth-order valence-corrected chi connectivity index (χ4v) is 2.57. The molecule has 104 valence electrons. The summed E-state index contributed by atoms with van der Waals surface area (Å²) in [7, 11) is 1.60. The van der Waals surface area contributed by atoms with Gasteiger partial charge < -0.3 is 9.47 Å². The topological polar surface area (TPSA) is 35.5 Å². The Labute approximate surface area is 114 Å². The zero-order valence-electron chi connectivity index (χ0n) is 12.0. The molecular formula is C16H22O3. The quantitative estimate of drug-likeness (QED) is 0.752. The Morgan fingerprint density at radius 1 is 1.37 bits per heavy atom. The highest BCUT2D eigenvalue weighted by molar-refractivity contribution is 6.00. The minimum atomic E-state index is -0.353. The summed E-state index contributed by atoms with van der Waals surface area (Å²) < 4.78 is 11.2. The molecule has 1 aromatic rings. The minimum absolute atomic E-state index is 0.152. The van der Waals surface area contributed by atoms with E-state index in [0.717, 1.165) is 12.8 Å². The molecule has 1 aliphatic rings. The number of ether oxygens (including phenoxy) is 2. The van der Waals surface area contributed by atoms with Crippen LogP contribution in [0.15, 0.2) is 18.2 Å². The number of benzene rings is 1. The lowest BCUT2D eigenvalue weighted by atomic mass is 9.87. The van der Waals surface area contributed by atoms with Gasteiger partial charge in [0.2, 0.25) is 0 Å². The van der Waals surface area contributed by atoms with Crippen molar-refractivity contribution in [3.8, 4) is 11.5 Å². The number of unbranched alkanes of at least 4 members (excludes halogenated alkanes) is 2. The van der Waals surface area contributed by atoms with Crippen LogP contribution in [0, 0.1) is 0 Å². The zero-order valence-corrected chi connectivity index (χ0v) is 12.0. The Morgan fingerprint density at radius 2 is 2.16 bits per heavy atom. The van der Waals surface area contributed by atoms with E-state index in [1.807, 2.05) is 19.1 Å². The largest absolute Gasteiger partial charge is 0.497 e. The van der Waals surface area contributed by atoms with E-state index < -0.39 is 0 Å². The van der Waals surface area contributed by atoms with Gasteiger partial charge in [-0.1, -0.05) is 19.8 Å². The molecule has 3 nitrogen and oxygen atoms in total. The van der Waals surface area contributed by atoms with Crippen LogP contribution in [0.5, 0.6) is 11.5 Å². The highest BCUT2D eigenvalue weighted by Gasteiger charge is 2.36. The van der Waals surface area contributed by atoms with Crippen molar-refractivity contribution in [2.45, 2.75) is 51.6 Å². The van der Waals surface area contributed by atoms with Gasteiger partial charge in [-0.05, 0) is 38.0 Å². The zero-order chi connectivity index (χ0) is 13.9. The SMILES string of the molecule is CCCCCC1(C)CC(=O)c2cc(OC)ccc2O1. The van der Waals surface area contributed by atoms with Crippen LogP contribution >= 0.6 is 0 Å². The Hall–Kier alpha value is -1.51. The van der Waals surface area contributed by atoms with E-state index >= 15 is 0 Å². The second-order valence-corrected chi connectivity index (χ2v) is 5.47. The van der Waals surface area contributed by atoms with E-state index in [4.69, 9.17) is 9.47 Å². The number of methoxy groups -OCH3 is 1. The number of fused-ring (bicyclic) bond motifs is 1. The summed E-state index contributed by atoms with van der Waals surface area (Å²) in [6.45, 7) is 4.21. The summed E-state index contributed by atoms with van der Waals surface area (Å²) in [6, 6.07) is 5.44. The molecule has 0 spiro atoms. The molecule has 1 unspecified atom stereocenters. The lowest BCUT2D eigenvalue weighted by Gasteiger charge is -2.35. The lowest BCUT2D eigenvalue weighted by Crippen LogP contribution is -2.39. The second-order valence-electron chi connectivity index (χ2n) is 5.47. The first kappa shape index (κ1) is 13.9. The average Bonchev–Trinajstić information content (AvgIpc) is 2.38. The van der Waals surface area contributed by atoms with Crippen molar-refractivity contribution in [2.24, 2.45) is 0 Å². The van der Waals surface area contributed by atoms with Crippen molar-refractivity contribution >= 4 is 5.78 Å². The van der Waals surface area contributed by atoms with Gasteiger partial charge in [0, 0.05) is 0 Å². The molecule has 3 heteroatoms. The molecular weight excluding hydrogens is 240 g/mol. The van der Waals surface area contributed by atoms with Gasteiger partial charge >= 0.3 is 0 Å². The van der Waals surface area contributed by atoms with Crippen molar-refractivity contribution in [3.63, 3.8) is 0 Å². The van der Waals surface area contributed by atoms with Crippen molar-refractivity contribution in [2.75, 3.05) is 7.11 Å². The smallest absolute Gasteiger partial charge is 0.170 e. The number of hydrogen-bond acceptors (Lipinski definition) is 3. The molecule has 0 aliphatic carbocycles. The van der Waals surface area contributed by atoms with Gasteiger partial charge in [-0.3, -0.25) is 4.79 Å². The maximum absolute atomic E-state index is 12.3. The summed E-state index contributed by atoms with van der Waals surface area (Å²) in [5, 5.41) is 0. The maximum Gasteiger partial charge on any atom is 0.170 e. The van der Waals surface area contributed by atoms with E-state index in [1.54, 1.807) is 13.2 Å². The van der Waals surface area contributed by atoms with Crippen LogP contribution in [-0.4, -0.2) is 18.5 Å². The molecule has 2 rings (SSSR count). The van der Waals surface area contributed by atoms with Crippen LogP contribution in [0.2, 0.25) is 0 Å². The number of ketones is 1. The molecule has 1 aromatic carbocycles. The third-order valence-electron chi connectivity index (χ3n) is 3.69. The van der Waals surface area contributed by atoms with Crippen molar-refractivity contribution < 1.29 is 14.3 Å². The number of hydrogen-bond donors (Lipinski definition) is 0. The number of carbonyl (C=O) groups excluding carboxylic acids is 1. The van der Waals surface area contributed by atoms with Gasteiger partial charge in [-0.25, -0.2) is 0 Å².